The molecule has 1 aromatic rings. The molecule has 0 N–H and O–H groups in total. The van der Waals surface area contributed by atoms with Crippen molar-refractivity contribution >= 4 is 5.91 Å². The predicted molar refractivity (Wildman–Crippen MR) is 89.1 cm³/mol. The van der Waals surface area contributed by atoms with Crippen molar-refractivity contribution in [2.45, 2.75) is 50.4 Å². The summed E-state index contributed by atoms with van der Waals surface area (Å²) in [6.45, 7) is 3.36. The molecule has 1 amide bonds. The number of hydrogen-bond donors (Lipinski definition) is 0. The zero-order valence-corrected chi connectivity index (χ0v) is 13.9. The number of benzene rings is 1. The first-order valence-corrected chi connectivity index (χ1v) is 8.90. The van der Waals surface area contributed by atoms with Crippen LogP contribution in [0.25, 0.3) is 0 Å². The van der Waals surface area contributed by atoms with Crippen LogP contribution in [0.2, 0.25) is 0 Å². The van der Waals surface area contributed by atoms with Crippen molar-refractivity contribution in [1.82, 2.24) is 9.80 Å². The smallest absolute Gasteiger partial charge is 0.223 e. The zero-order valence-electron chi connectivity index (χ0n) is 13.9. The summed E-state index contributed by atoms with van der Waals surface area (Å²) in [6, 6.07) is 10.6. The number of ether oxygens (including phenoxy) is 1. The maximum absolute atomic E-state index is 12.2. The monoisotopic (exact) mass is 325 g/mol. The summed E-state index contributed by atoms with van der Waals surface area (Å²) in [6.07, 6.45) is 3.99. The Morgan fingerprint density at radius 3 is 3.00 bits per heavy atom. The third-order valence-corrected chi connectivity index (χ3v) is 5.56. The first-order valence-electron chi connectivity index (χ1n) is 8.90. The number of nitrogens with zero attached hydrogens (tertiary/aromatic N) is 3. The Labute approximate surface area is 142 Å². The van der Waals surface area contributed by atoms with Crippen LogP contribution in [0.5, 0.6) is 0 Å². The van der Waals surface area contributed by atoms with E-state index < -0.39 is 0 Å². The molecule has 0 unspecified atom stereocenters. The molecule has 3 aliphatic rings. The fraction of sp³-hybridized carbons (Fsp3) is 0.579. The fourth-order valence-electron chi connectivity index (χ4n) is 4.48. The molecule has 0 aliphatic carbocycles. The number of hydrogen-bond acceptors (Lipinski definition) is 4. The molecule has 3 saturated heterocycles. The second-order valence-corrected chi connectivity index (χ2v) is 7.04. The maximum Gasteiger partial charge on any atom is 0.223 e. The molecule has 0 saturated carbocycles. The summed E-state index contributed by atoms with van der Waals surface area (Å²) in [5.41, 5.74) is 1.86. The van der Waals surface area contributed by atoms with Crippen LogP contribution in [0.4, 0.5) is 0 Å². The van der Waals surface area contributed by atoms with E-state index in [4.69, 9.17) is 10.00 Å². The van der Waals surface area contributed by atoms with Crippen molar-refractivity contribution < 1.29 is 9.53 Å². The van der Waals surface area contributed by atoms with E-state index in [1.807, 2.05) is 18.2 Å². The van der Waals surface area contributed by atoms with E-state index in [1.54, 1.807) is 0 Å². The molecule has 4 rings (SSSR count). The van der Waals surface area contributed by atoms with E-state index in [0.29, 0.717) is 18.0 Å². The maximum atomic E-state index is 12.2. The SMILES string of the molecule is N#Cc1cccc(CN2C[C@H](N3CCCC3=O)[C@@H]3OCCC[C@@H]32)c1. The van der Waals surface area contributed by atoms with Gasteiger partial charge in [0.25, 0.3) is 0 Å². The number of nitriles is 1. The van der Waals surface area contributed by atoms with Crippen molar-refractivity contribution in [3.63, 3.8) is 0 Å². The molecule has 0 aromatic heterocycles. The standard InChI is InChI=1S/C19H23N3O2/c20-11-14-4-1-5-15(10-14)12-21-13-17(22-8-2-7-18(22)23)19-16(21)6-3-9-24-19/h1,4-5,10,16-17,19H,2-3,6-9,12-13H2/t16-,17-,19+/m0/s1. The lowest BCUT2D eigenvalue weighted by atomic mass is 10.00. The van der Waals surface area contributed by atoms with Gasteiger partial charge in [0.15, 0.2) is 0 Å². The van der Waals surface area contributed by atoms with Gasteiger partial charge in [0.05, 0.1) is 23.8 Å². The molecule has 1 aromatic carbocycles. The van der Waals surface area contributed by atoms with E-state index in [2.05, 4.69) is 21.9 Å². The first kappa shape index (κ1) is 15.6. The molecule has 24 heavy (non-hydrogen) atoms. The van der Waals surface area contributed by atoms with Gasteiger partial charge >= 0.3 is 0 Å². The highest BCUT2D eigenvalue weighted by atomic mass is 16.5. The predicted octanol–water partition coefficient (Wildman–Crippen LogP) is 1.91. The first-order chi connectivity index (χ1) is 11.8. The highest BCUT2D eigenvalue weighted by molar-refractivity contribution is 5.78. The van der Waals surface area contributed by atoms with Gasteiger partial charge in [-0.25, -0.2) is 0 Å². The van der Waals surface area contributed by atoms with Gasteiger partial charge in [0, 0.05) is 38.7 Å². The van der Waals surface area contributed by atoms with Gasteiger partial charge in [-0.15, -0.1) is 0 Å². The van der Waals surface area contributed by atoms with Crippen LogP contribution in [0, 0.1) is 11.3 Å². The minimum absolute atomic E-state index is 0.139. The molecular weight excluding hydrogens is 302 g/mol. The molecule has 5 nitrogen and oxygen atoms in total. The highest BCUT2D eigenvalue weighted by Crippen LogP contribution is 2.34. The number of carbonyl (C=O) groups excluding carboxylic acids is 1. The summed E-state index contributed by atoms with van der Waals surface area (Å²) in [7, 11) is 0. The number of carbonyl (C=O) groups is 1. The van der Waals surface area contributed by atoms with Crippen LogP contribution in [0.1, 0.15) is 36.8 Å². The Balaban J connectivity index is 1.54. The lowest BCUT2D eigenvalue weighted by Crippen LogP contribution is -2.48. The average Bonchev–Trinajstić information content (AvgIpc) is 3.19. The topological polar surface area (TPSA) is 56.6 Å². The number of amides is 1. The molecule has 3 aliphatic heterocycles. The molecular formula is C19H23N3O2. The van der Waals surface area contributed by atoms with Crippen molar-refractivity contribution in [3.8, 4) is 6.07 Å². The van der Waals surface area contributed by atoms with Crippen molar-refractivity contribution in [1.29, 1.82) is 5.26 Å². The van der Waals surface area contributed by atoms with Gasteiger partial charge in [0.2, 0.25) is 5.91 Å². The molecule has 0 spiro atoms. The Hall–Kier alpha value is -1.90. The van der Waals surface area contributed by atoms with Crippen molar-refractivity contribution in [2.75, 3.05) is 19.7 Å². The van der Waals surface area contributed by atoms with Crippen LogP contribution >= 0.6 is 0 Å². The third-order valence-electron chi connectivity index (χ3n) is 5.56. The second kappa shape index (κ2) is 6.54. The summed E-state index contributed by atoms with van der Waals surface area (Å²) in [5, 5.41) is 9.10. The average molecular weight is 325 g/mol. The normalized spacial score (nSPS) is 30.4. The minimum atomic E-state index is 0.139. The summed E-state index contributed by atoms with van der Waals surface area (Å²) in [4.78, 5) is 16.7. The van der Waals surface area contributed by atoms with Gasteiger partial charge < -0.3 is 9.64 Å². The molecule has 5 heteroatoms. The second-order valence-electron chi connectivity index (χ2n) is 7.04. The number of fused-ring (bicyclic) bond motifs is 1. The van der Waals surface area contributed by atoms with Gasteiger partial charge in [-0.1, -0.05) is 12.1 Å². The molecule has 0 bridgehead atoms. The van der Waals surface area contributed by atoms with Crippen LogP contribution in [-0.4, -0.2) is 53.6 Å². The zero-order chi connectivity index (χ0) is 16.5. The Kier molecular flexibility index (Phi) is 4.26. The Bertz CT molecular complexity index is 669. The molecule has 0 radical (unpaired) electrons. The quantitative estimate of drug-likeness (QED) is 0.852. The van der Waals surface area contributed by atoms with Crippen LogP contribution < -0.4 is 0 Å². The van der Waals surface area contributed by atoms with Gasteiger partial charge in [0.1, 0.15) is 0 Å². The molecule has 3 atom stereocenters. The van der Waals surface area contributed by atoms with E-state index in [-0.39, 0.29) is 18.1 Å². The Morgan fingerprint density at radius 1 is 1.29 bits per heavy atom. The van der Waals surface area contributed by atoms with E-state index >= 15 is 0 Å². The van der Waals surface area contributed by atoms with Crippen molar-refractivity contribution in [2.24, 2.45) is 0 Å². The van der Waals surface area contributed by atoms with E-state index in [9.17, 15) is 4.79 Å². The summed E-state index contributed by atoms with van der Waals surface area (Å²) in [5.74, 6) is 0.279. The number of rotatable bonds is 3. The van der Waals surface area contributed by atoms with Gasteiger partial charge in [-0.2, -0.15) is 5.26 Å². The van der Waals surface area contributed by atoms with Crippen LogP contribution in [-0.2, 0) is 16.1 Å². The van der Waals surface area contributed by atoms with Crippen molar-refractivity contribution in [3.05, 3.63) is 35.4 Å². The van der Waals surface area contributed by atoms with Crippen LogP contribution in [0.15, 0.2) is 24.3 Å². The highest BCUT2D eigenvalue weighted by Gasteiger charge is 2.48. The van der Waals surface area contributed by atoms with Gasteiger partial charge in [-0.05, 0) is 37.0 Å². The Morgan fingerprint density at radius 2 is 2.21 bits per heavy atom. The lowest BCUT2D eigenvalue weighted by molar-refractivity contribution is -0.132. The molecule has 3 fully saturated rings. The molecule has 126 valence electrons. The van der Waals surface area contributed by atoms with E-state index in [0.717, 1.165) is 51.1 Å². The number of likely N-dealkylation sites (tertiary alicyclic amines) is 2. The summed E-state index contributed by atoms with van der Waals surface area (Å²) >= 11 is 0. The van der Waals surface area contributed by atoms with E-state index in [1.165, 1.54) is 0 Å². The van der Waals surface area contributed by atoms with Gasteiger partial charge in [-0.3, -0.25) is 9.69 Å². The summed E-state index contributed by atoms with van der Waals surface area (Å²) < 4.78 is 6.10. The third kappa shape index (κ3) is 2.81. The minimum Gasteiger partial charge on any atom is -0.374 e. The molecule has 3 heterocycles. The van der Waals surface area contributed by atoms with Crippen LogP contribution in [0.3, 0.4) is 0 Å². The largest absolute Gasteiger partial charge is 0.374 e. The fourth-order valence-corrected chi connectivity index (χ4v) is 4.48. The lowest BCUT2D eigenvalue weighted by Gasteiger charge is -2.34.